The number of benzene rings is 1. The summed E-state index contributed by atoms with van der Waals surface area (Å²) in [5.41, 5.74) is 0.896. The molecule has 2 rings (SSSR count). The highest BCUT2D eigenvalue weighted by molar-refractivity contribution is 7.89. The Kier molecular flexibility index (Phi) is 4.52. The standard InChI is InChI=1S/C14H17NO6S/c1-9-3-5-12(6-4-9)22(19,20)15-8-11(21-10(2)16)7-13(15)14(17)18/h3-6,11,13H,7-8H2,1-2H3,(H,17,18). The number of rotatable bonds is 4. The third-order valence-corrected chi connectivity index (χ3v) is 5.35. The molecule has 1 fully saturated rings. The fourth-order valence-electron chi connectivity index (χ4n) is 2.42. The lowest BCUT2D eigenvalue weighted by Crippen LogP contribution is -2.40. The molecule has 2 unspecified atom stereocenters. The van der Waals surface area contributed by atoms with Gasteiger partial charge in [-0.25, -0.2) is 8.42 Å². The molecule has 1 aromatic rings. The van der Waals surface area contributed by atoms with Crippen LogP contribution in [0, 0.1) is 6.92 Å². The average molecular weight is 327 g/mol. The highest BCUT2D eigenvalue weighted by Gasteiger charge is 2.45. The molecule has 0 aliphatic carbocycles. The highest BCUT2D eigenvalue weighted by Crippen LogP contribution is 2.28. The molecule has 0 bridgehead atoms. The van der Waals surface area contributed by atoms with E-state index < -0.39 is 34.1 Å². The lowest BCUT2D eigenvalue weighted by Gasteiger charge is -2.20. The maximum absolute atomic E-state index is 12.6. The van der Waals surface area contributed by atoms with E-state index in [1.54, 1.807) is 12.1 Å². The number of carbonyl (C=O) groups is 2. The molecular weight excluding hydrogens is 310 g/mol. The normalized spacial score (nSPS) is 22.5. The van der Waals surface area contributed by atoms with Crippen molar-refractivity contribution in [1.82, 2.24) is 4.31 Å². The Morgan fingerprint density at radius 2 is 1.86 bits per heavy atom. The molecule has 8 heteroatoms. The Bertz CT molecular complexity index is 682. The number of carboxylic acid groups (broad SMARTS) is 1. The van der Waals surface area contributed by atoms with Crippen LogP contribution < -0.4 is 0 Å². The third-order valence-electron chi connectivity index (χ3n) is 3.46. The Hall–Kier alpha value is -1.93. The van der Waals surface area contributed by atoms with Crippen LogP contribution in [-0.4, -0.2) is 48.5 Å². The molecule has 0 saturated carbocycles. The van der Waals surface area contributed by atoms with E-state index in [0.29, 0.717) is 0 Å². The van der Waals surface area contributed by atoms with E-state index in [2.05, 4.69) is 0 Å². The first-order valence-electron chi connectivity index (χ1n) is 6.70. The van der Waals surface area contributed by atoms with Crippen molar-refractivity contribution in [3.8, 4) is 0 Å². The van der Waals surface area contributed by atoms with E-state index in [-0.39, 0.29) is 17.9 Å². The van der Waals surface area contributed by atoms with Gasteiger partial charge in [-0.1, -0.05) is 17.7 Å². The van der Waals surface area contributed by atoms with Gasteiger partial charge in [-0.15, -0.1) is 0 Å². The second-order valence-corrected chi connectivity index (χ2v) is 7.10. The fraction of sp³-hybridized carbons (Fsp3) is 0.429. The molecule has 120 valence electrons. The molecule has 1 N–H and O–H groups in total. The molecule has 2 atom stereocenters. The topological polar surface area (TPSA) is 101 Å². The summed E-state index contributed by atoms with van der Waals surface area (Å²) in [5, 5.41) is 9.24. The maximum atomic E-state index is 12.6. The molecule has 1 aromatic carbocycles. The van der Waals surface area contributed by atoms with Gasteiger partial charge in [-0.3, -0.25) is 9.59 Å². The van der Waals surface area contributed by atoms with Gasteiger partial charge in [0.05, 0.1) is 11.4 Å². The van der Waals surface area contributed by atoms with Gasteiger partial charge in [0, 0.05) is 13.3 Å². The van der Waals surface area contributed by atoms with E-state index in [1.165, 1.54) is 19.1 Å². The summed E-state index contributed by atoms with van der Waals surface area (Å²) < 4.78 is 31.1. The summed E-state index contributed by atoms with van der Waals surface area (Å²) in [6, 6.07) is 4.91. The quantitative estimate of drug-likeness (QED) is 0.820. The van der Waals surface area contributed by atoms with E-state index in [4.69, 9.17) is 4.74 Å². The SMILES string of the molecule is CC(=O)OC1CC(C(=O)O)N(S(=O)(=O)c2ccc(C)cc2)C1. The molecule has 0 aromatic heterocycles. The van der Waals surface area contributed by atoms with Crippen molar-refractivity contribution in [1.29, 1.82) is 0 Å². The lowest BCUT2D eigenvalue weighted by molar-refractivity contribution is -0.146. The van der Waals surface area contributed by atoms with Crippen LogP contribution in [0.5, 0.6) is 0 Å². The largest absolute Gasteiger partial charge is 0.480 e. The van der Waals surface area contributed by atoms with E-state index in [0.717, 1.165) is 9.87 Å². The Morgan fingerprint density at radius 1 is 1.27 bits per heavy atom. The van der Waals surface area contributed by atoms with Crippen LogP contribution in [0.15, 0.2) is 29.2 Å². The Labute approximate surface area is 128 Å². The zero-order chi connectivity index (χ0) is 16.5. The second kappa shape index (κ2) is 6.05. The fourth-order valence-corrected chi connectivity index (χ4v) is 4.05. The molecule has 7 nitrogen and oxygen atoms in total. The average Bonchev–Trinajstić information content (AvgIpc) is 2.83. The minimum absolute atomic E-state index is 0.0211. The van der Waals surface area contributed by atoms with Gasteiger partial charge in [-0.05, 0) is 19.1 Å². The Balaban J connectivity index is 2.33. The van der Waals surface area contributed by atoms with Gasteiger partial charge in [-0.2, -0.15) is 4.31 Å². The lowest BCUT2D eigenvalue weighted by atomic mass is 10.2. The second-order valence-electron chi connectivity index (χ2n) is 5.21. The number of esters is 1. The first-order chi connectivity index (χ1) is 10.2. The molecule has 1 aliphatic rings. The van der Waals surface area contributed by atoms with Crippen molar-refractivity contribution in [3.63, 3.8) is 0 Å². The molecular formula is C14H17NO6S. The van der Waals surface area contributed by atoms with Crippen LogP contribution in [0.2, 0.25) is 0 Å². The summed E-state index contributed by atoms with van der Waals surface area (Å²) in [7, 11) is -3.96. The van der Waals surface area contributed by atoms with Crippen LogP contribution in [0.4, 0.5) is 0 Å². The van der Waals surface area contributed by atoms with Crippen LogP contribution in [0.3, 0.4) is 0 Å². The molecule has 1 aliphatic heterocycles. The molecule has 1 saturated heterocycles. The molecule has 0 amide bonds. The number of hydrogen-bond acceptors (Lipinski definition) is 5. The summed E-state index contributed by atoms with van der Waals surface area (Å²) >= 11 is 0. The van der Waals surface area contributed by atoms with Crippen molar-refractivity contribution in [3.05, 3.63) is 29.8 Å². The molecule has 0 radical (unpaired) electrons. The van der Waals surface area contributed by atoms with Crippen molar-refractivity contribution in [2.24, 2.45) is 0 Å². The van der Waals surface area contributed by atoms with Crippen molar-refractivity contribution < 1.29 is 27.9 Å². The maximum Gasteiger partial charge on any atom is 0.322 e. The molecule has 0 spiro atoms. The number of carbonyl (C=O) groups excluding carboxylic acids is 1. The van der Waals surface area contributed by atoms with Crippen LogP contribution in [0.25, 0.3) is 0 Å². The summed E-state index contributed by atoms with van der Waals surface area (Å²) in [4.78, 5) is 22.4. The smallest absolute Gasteiger partial charge is 0.322 e. The van der Waals surface area contributed by atoms with Crippen molar-refractivity contribution in [2.45, 2.75) is 37.3 Å². The summed E-state index contributed by atoms with van der Waals surface area (Å²) in [5.74, 6) is -1.82. The Morgan fingerprint density at radius 3 is 2.36 bits per heavy atom. The summed E-state index contributed by atoms with van der Waals surface area (Å²) in [6.07, 6.45) is -0.807. The number of sulfonamides is 1. The molecule has 1 heterocycles. The van der Waals surface area contributed by atoms with Gasteiger partial charge < -0.3 is 9.84 Å². The predicted octanol–water partition coefficient (Wildman–Crippen LogP) is 0.774. The number of nitrogens with zero attached hydrogens (tertiary/aromatic N) is 1. The number of aryl methyl sites for hydroxylation is 1. The minimum atomic E-state index is -3.96. The van der Waals surface area contributed by atoms with E-state index in [9.17, 15) is 23.1 Å². The zero-order valence-electron chi connectivity index (χ0n) is 12.2. The third kappa shape index (κ3) is 3.28. The monoisotopic (exact) mass is 327 g/mol. The molecule has 22 heavy (non-hydrogen) atoms. The summed E-state index contributed by atoms with van der Waals surface area (Å²) in [6.45, 7) is 2.86. The van der Waals surface area contributed by atoms with Gasteiger partial charge in [0.2, 0.25) is 10.0 Å². The van der Waals surface area contributed by atoms with Gasteiger partial charge in [0.15, 0.2) is 0 Å². The van der Waals surface area contributed by atoms with Crippen LogP contribution in [-0.2, 0) is 24.3 Å². The number of aliphatic carboxylic acids is 1. The van der Waals surface area contributed by atoms with Crippen molar-refractivity contribution >= 4 is 22.0 Å². The van der Waals surface area contributed by atoms with Crippen LogP contribution in [0.1, 0.15) is 18.9 Å². The predicted molar refractivity (Wildman–Crippen MR) is 76.7 cm³/mol. The van der Waals surface area contributed by atoms with Gasteiger partial charge in [0.1, 0.15) is 12.1 Å². The van der Waals surface area contributed by atoms with Crippen molar-refractivity contribution in [2.75, 3.05) is 6.54 Å². The zero-order valence-corrected chi connectivity index (χ0v) is 13.0. The number of carboxylic acids is 1. The highest BCUT2D eigenvalue weighted by atomic mass is 32.2. The van der Waals surface area contributed by atoms with E-state index >= 15 is 0 Å². The van der Waals surface area contributed by atoms with E-state index in [1.807, 2.05) is 6.92 Å². The van der Waals surface area contributed by atoms with Crippen LogP contribution >= 0.6 is 0 Å². The van der Waals surface area contributed by atoms with Gasteiger partial charge >= 0.3 is 11.9 Å². The first kappa shape index (κ1) is 16.4. The van der Waals surface area contributed by atoms with Gasteiger partial charge in [0.25, 0.3) is 0 Å². The number of ether oxygens (including phenoxy) is 1. The minimum Gasteiger partial charge on any atom is -0.480 e. The first-order valence-corrected chi connectivity index (χ1v) is 8.14. The number of hydrogen-bond donors (Lipinski definition) is 1.